The average Bonchev–Trinajstić information content (AvgIpc) is 2.92. The molecule has 1 aliphatic rings. The maximum atomic E-state index is 13.0. The number of pyridine rings is 1. The van der Waals surface area contributed by atoms with Crippen LogP contribution in [0, 0.1) is 6.92 Å². The third-order valence-corrected chi connectivity index (χ3v) is 8.13. The first kappa shape index (κ1) is 27.0. The van der Waals surface area contributed by atoms with E-state index in [2.05, 4.69) is 21.5 Å². The van der Waals surface area contributed by atoms with Crippen LogP contribution in [0.1, 0.15) is 18.2 Å². The molecule has 1 aliphatic heterocycles. The zero-order valence-electron chi connectivity index (χ0n) is 21.5. The topological polar surface area (TPSA) is 101 Å². The summed E-state index contributed by atoms with van der Waals surface area (Å²) >= 11 is 0. The van der Waals surface area contributed by atoms with Gasteiger partial charge in [0.05, 0.1) is 17.5 Å². The Morgan fingerprint density at radius 1 is 1.08 bits per heavy atom. The number of fused-ring (bicyclic) bond motifs is 1. The largest absolute Gasteiger partial charge is 0.489 e. The normalized spacial score (nSPS) is 16.0. The summed E-state index contributed by atoms with van der Waals surface area (Å²) < 4.78 is 39.4. The number of hydrogen-bond acceptors (Lipinski definition) is 8. The summed E-state index contributed by atoms with van der Waals surface area (Å²) in [5.74, 6) is 0.106. The molecule has 1 fully saturated rings. The maximum Gasteiger partial charge on any atom is 0.324 e. The van der Waals surface area contributed by atoms with E-state index in [-0.39, 0.29) is 11.4 Å². The molecule has 0 unspecified atom stereocenters. The molecule has 1 N–H and O–H groups in total. The first-order valence-corrected chi connectivity index (χ1v) is 13.9. The molecule has 1 aromatic heterocycles. The van der Waals surface area contributed by atoms with Crippen molar-refractivity contribution in [3.05, 3.63) is 65.9 Å². The number of aromatic nitrogens is 1. The van der Waals surface area contributed by atoms with Crippen LogP contribution in [-0.2, 0) is 26.2 Å². The lowest BCUT2D eigenvalue weighted by Crippen LogP contribution is -2.56. The number of esters is 1. The number of likely N-dealkylation sites (N-methyl/N-ethyl adjacent to an activating group) is 1. The molecule has 2 aromatic carbocycles. The zero-order chi connectivity index (χ0) is 26.4. The minimum atomic E-state index is -3.83. The lowest BCUT2D eigenvalue weighted by Gasteiger charge is -2.37. The molecule has 0 aliphatic carbocycles. The van der Waals surface area contributed by atoms with E-state index in [0.717, 1.165) is 41.8 Å². The Morgan fingerprint density at radius 3 is 2.46 bits per heavy atom. The van der Waals surface area contributed by atoms with Crippen molar-refractivity contribution in [3.8, 4) is 5.75 Å². The number of benzene rings is 2. The SMILES string of the molecule is CCN1CCN([C@@H](CNS(=O)(=O)c2ccc(OCc3cc(C)nc4ccccc34)cc2)C(=O)OC)CC1. The van der Waals surface area contributed by atoms with E-state index in [1.807, 2.05) is 42.2 Å². The summed E-state index contributed by atoms with van der Waals surface area (Å²) in [5, 5.41) is 1.02. The second kappa shape index (κ2) is 12.0. The molecular formula is C27H34N4O5S. The third-order valence-electron chi connectivity index (χ3n) is 6.69. The van der Waals surface area contributed by atoms with Crippen LogP contribution in [0.3, 0.4) is 0 Å². The quantitative estimate of drug-likeness (QED) is 0.403. The van der Waals surface area contributed by atoms with Gasteiger partial charge in [-0.25, -0.2) is 13.1 Å². The number of rotatable bonds is 10. The standard InChI is InChI=1S/C27H34N4O5S/c1-4-30-13-15-31(16-14-30)26(27(32)35-3)18-28-37(33,34)23-11-9-22(10-12-23)36-19-21-17-20(2)29-25-8-6-5-7-24(21)25/h5-12,17,26,28H,4,13-16,18-19H2,1-3H3/t26-/m0/s1. The number of aryl methyl sites for hydroxylation is 1. The number of ether oxygens (including phenoxy) is 2. The van der Waals surface area contributed by atoms with E-state index < -0.39 is 22.0 Å². The predicted octanol–water partition coefficient (Wildman–Crippen LogP) is 2.58. The first-order valence-electron chi connectivity index (χ1n) is 12.4. The number of carbonyl (C=O) groups is 1. The number of piperazine rings is 1. The number of carbonyl (C=O) groups excluding carboxylic acids is 1. The molecule has 1 atom stereocenters. The van der Waals surface area contributed by atoms with Crippen molar-refractivity contribution in [3.63, 3.8) is 0 Å². The number of para-hydroxylation sites is 1. The van der Waals surface area contributed by atoms with Gasteiger partial charge >= 0.3 is 5.97 Å². The molecule has 10 heteroatoms. The fourth-order valence-corrected chi connectivity index (χ4v) is 5.59. The van der Waals surface area contributed by atoms with E-state index in [1.54, 1.807) is 12.1 Å². The van der Waals surface area contributed by atoms with Gasteiger partial charge in [0.25, 0.3) is 0 Å². The van der Waals surface area contributed by atoms with Crippen molar-refractivity contribution < 1.29 is 22.7 Å². The van der Waals surface area contributed by atoms with E-state index in [4.69, 9.17) is 9.47 Å². The van der Waals surface area contributed by atoms with E-state index in [9.17, 15) is 13.2 Å². The highest BCUT2D eigenvalue weighted by atomic mass is 32.2. The van der Waals surface area contributed by atoms with Gasteiger partial charge in [-0.3, -0.25) is 14.7 Å². The van der Waals surface area contributed by atoms with E-state index in [0.29, 0.717) is 25.4 Å². The second-order valence-electron chi connectivity index (χ2n) is 9.06. The van der Waals surface area contributed by atoms with Crippen LogP contribution in [0.2, 0.25) is 0 Å². The van der Waals surface area contributed by atoms with Gasteiger partial charge in [0, 0.05) is 49.4 Å². The van der Waals surface area contributed by atoms with Gasteiger partial charge in [-0.2, -0.15) is 0 Å². The summed E-state index contributed by atoms with van der Waals surface area (Å²) in [4.78, 5) is 21.3. The van der Waals surface area contributed by atoms with Gasteiger partial charge in [-0.15, -0.1) is 0 Å². The van der Waals surface area contributed by atoms with E-state index >= 15 is 0 Å². The lowest BCUT2D eigenvalue weighted by atomic mass is 10.1. The van der Waals surface area contributed by atoms with E-state index in [1.165, 1.54) is 19.2 Å². The molecule has 0 radical (unpaired) electrons. The van der Waals surface area contributed by atoms with Crippen molar-refractivity contribution in [2.75, 3.05) is 46.4 Å². The van der Waals surface area contributed by atoms with Crippen LogP contribution in [0.25, 0.3) is 10.9 Å². The van der Waals surface area contributed by atoms with Crippen molar-refractivity contribution in [2.24, 2.45) is 0 Å². The molecule has 3 aromatic rings. The molecule has 198 valence electrons. The number of nitrogens with one attached hydrogen (secondary N) is 1. The number of hydrogen-bond donors (Lipinski definition) is 1. The Hall–Kier alpha value is -3.05. The van der Waals surface area contributed by atoms with Crippen LogP contribution in [0.5, 0.6) is 5.75 Å². The fourth-order valence-electron chi connectivity index (χ4n) is 4.55. The van der Waals surface area contributed by atoms with Gasteiger partial charge in [0.1, 0.15) is 18.4 Å². The number of methoxy groups -OCH3 is 1. The second-order valence-corrected chi connectivity index (χ2v) is 10.8. The fraction of sp³-hybridized carbons (Fsp3) is 0.407. The van der Waals surface area contributed by atoms with Crippen molar-refractivity contribution in [1.82, 2.24) is 19.5 Å². The van der Waals surface area contributed by atoms with Crippen LogP contribution < -0.4 is 9.46 Å². The molecule has 4 rings (SSSR count). The molecule has 2 heterocycles. The Labute approximate surface area is 218 Å². The smallest absolute Gasteiger partial charge is 0.324 e. The molecule has 0 bridgehead atoms. The summed E-state index contributed by atoms with van der Waals surface area (Å²) in [6.07, 6.45) is 0. The molecule has 0 spiro atoms. The molecular weight excluding hydrogens is 492 g/mol. The van der Waals surface area contributed by atoms with Gasteiger partial charge < -0.3 is 14.4 Å². The van der Waals surface area contributed by atoms with Gasteiger partial charge in [0.2, 0.25) is 10.0 Å². The zero-order valence-corrected chi connectivity index (χ0v) is 22.3. The van der Waals surface area contributed by atoms with Crippen LogP contribution in [-0.4, -0.2) is 81.6 Å². The minimum Gasteiger partial charge on any atom is -0.489 e. The number of sulfonamides is 1. The van der Waals surface area contributed by atoms with Crippen LogP contribution >= 0.6 is 0 Å². The highest BCUT2D eigenvalue weighted by Crippen LogP contribution is 2.22. The Bertz CT molecular complexity index is 1320. The van der Waals surface area contributed by atoms with Crippen molar-refractivity contribution >= 4 is 26.9 Å². The minimum absolute atomic E-state index is 0.0617. The Balaban J connectivity index is 1.39. The van der Waals surface area contributed by atoms with Gasteiger partial charge in [-0.05, 0) is 49.9 Å². The third kappa shape index (κ3) is 6.64. The van der Waals surface area contributed by atoms with Crippen LogP contribution in [0.4, 0.5) is 0 Å². The highest BCUT2D eigenvalue weighted by Gasteiger charge is 2.31. The average molecular weight is 527 g/mol. The van der Waals surface area contributed by atoms with Crippen molar-refractivity contribution in [2.45, 2.75) is 31.4 Å². The lowest BCUT2D eigenvalue weighted by molar-refractivity contribution is -0.147. The molecule has 9 nitrogen and oxygen atoms in total. The van der Waals surface area contributed by atoms with Crippen molar-refractivity contribution in [1.29, 1.82) is 0 Å². The first-order chi connectivity index (χ1) is 17.8. The van der Waals surface area contributed by atoms with Crippen LogP contribution in [0.15, 0.2) is 59.5 Å². The molecule has 0 amide bonds. The predicted molar refractivity (Wildman–Crippen MR) is 142 cm³/mol. The summed E-state index contributed by atoms with van der Waals surface area (Å²) in [5.41, 5.74) is 2.82. The summed E-state index contributed by atoms with van der Waals surface area (Å²) in [7, 11) is -2.51. The maximum absolute atomic E-state index is 13.0. The molecule has 1 saturated heterocycles. The number of nitrogens with zero attached hydrogens (tertiary/aromatic N) is 3. The molecule has 37 heavy (non-hydrogen) atoms. The van der Waals surface area contributed by atoms with Gasteiger partial charge in [-0.1, -0.05) is 25.1 Å². The highest BCUT2D eigenvalue weighted by molar-refractivity contribution is 7.89. The summed E-state index contributed by atoms with van der Waals surface area (Å²) in [6.45, 7) is 8.26. The van der Waals surface area contributed by atoms with Gasteiger partial charge in [0.15, 0.2) is 0 Å². The monoisotopic (exact) mass is 526 g/mol. The Kier molecular flexibility index (Phi) is 8.75. The molecule has 0 saturated carbocycles. The summed E-state index contributed by atoms with van der Waals surface area (Å²) in [6, 6.07) is 15.5. The Morgan fingerprint density at radius 2 is 1.78 bits per heavy atom.